The Balaban J connectivity index is 2.65. The van der Waals surface area contributed by atoms with Crippen molar-refractivity contribution < 1.29 is 0 Å². The average Bonchev–Trinajstić information content (AvgIpc) is 2.85. The summed E-state index contributed by atoms with van der Waals surface area (Å²) in [6, 6.07) is 0. The molecular weight excluding hydrogens is 428 g/mol. The molecule has 3 aliphatic heterocycles. The number of hydrogen-bond acceptors (Lipinski definition) is 3. The number of fused-ring (bicyclic) bond motifs is 1. The molecule has 0 bridgehead atoms. The third-order valence-corrected chi connectivity index (χ3v) is 10.7. The van der Waals surface area contributed by atoms with E-state index in [1.54, 1.807) is 19.8 Å². The fourth-order valence-electron chi connectivity index (χ4n) is 1.46. The Morgan fingerprint density at radius 1 is 1.53 bits per heavy atom. The third-order valence-electron chi connectivity index (χ3n) is 2.12. The van der Waals surface area contributed by atoms with Gasteiger partial charge in [0, 0.05) is 0 Å². The van der Waals surface area contributed by atoms with Crippen molar-refractivity contribution in [3.05, 3.63) is 14.0 Å². The quantitative estimate of drug-likeness (QED) is 0.549. The molecule has 0 aromatic carbocycles. The molecule has 0 aliphatic carbocycles. The van der Waals surface area contributed by atoms with Gasteiger partial charge in [0.05, 0.1) is 0 Å². The molecule has 0 saturated heterocycles. The summed E-state index contributed by atoms with van der Waals surface area (Å²) in [6.45, 7) is 3.11. The van der Waals surface area contributed by atoms with Crippen molar-refractivity contribution in [3.63, 3.8) is 0 Å². The Labute approximate surface area is 112 Å². The normalized spacial score (nSPS) is 11.6. The van der Waals surface area contributed by atoms with Crippen LogP contribution in [0.3, 0.4) is 0 Å². The van der Waals surface area contributed by atoms with E-state index in [2.05, 4.69) is 36.2 Å². The van der Waals surface area contributed by atoms with Gasteiger partial charge in [-0.15, -0.1) is 0 Å². The van der Waals surface area contributed by atoms with Gasteiger partial charge in [-0.3, -0.25) is 0 Å². The summed E-state index contributed by atoms with van der Waals surface area (Å²) in [5.74, 6) is 1.13. The number of hydrogen-bond donors (Lipinski definition) is 0. The van der Waals surface area contributed by atoms with Gasteiger partial charge in [0.15, 0.2) is 0 Å². The maximum absolute atomic E-state index is 4.52. The monoisotopic (exact) mass is 434 g/mol. The van der Waals surface area contributed by atoms with Crippen LogP contribution in [0.4, 0.5) is 0 Å². The summed E-state index contributed by atoms with van der Waals surface area (Å²) in [7, 11) is 3.39. The number of nitrogens with zero attached hydrogens (tertiary/aromatic N) is 3. The van der Waals surface area contributed by atoms with Crippen LogP contribution in [0.2, 0.25) is 0 Å². The Kier molecular flexibility index (Phi) is 3.02. The van der Waals surface area contributed by atoms with Crippen molar-refractivity contribution in [2.24, 2.45) is 0 Å². The summed E-state index contributed by atoms with van der Waals surface area (Å²) in [4.78, 5) is 0. The molecule has 0 saturated carbocycles. The van der Waals surface area contributed by atoms with E-state index in [0.717, 1.165) is 17.8 Å². The second-order valence-corrected chi connectivity index (χ2v) is 10.3. The predicted octanol–water partition coefficient (Wildman–Crippen LogP) is 1.81. The zero-order valence-electron chi connectivity index (χ0n) is 7.56. The predicted molar refractivity (Wildman–Crippen MR) is 68.1 cm³/mol. The second-order valence-electron chi connectivity index (χ2n) is 2.86. The van der Waals surface area contributed by atoms with Crippen LogP contribution in [0, 0.1) is 9.57 Å². The summed E-state index contributed by atoms with van der Waals surface area (Å²) in [5, 5.41) is 0. The van der Waals surface area contributed by atoms with Crippen LogP contribution >= 0.6 is 35.8 Å². The maximum atomic E-state index is 4.52. The first-order chi connectivity index (χ1) is 7.33. The standard InChI is InChI=1S/C7H5BrN3S2Se2/c1-2-11-6-4(14-12-9-6)3(8)5-7(11)10-13-15-5/h2H2,1H3/q-1. The van der Waals surface area contributed by atoms with E-state index in [0.29, 0.717) is 26.7 Å². The van der Waals surface area contributed by atoms with E-state index in [9.17, 15) is 0 Å². The van der Waals surface area contributed by atoms with Crippen LogP contribution in [-0.4, -0.2) is 35.6 Å². The summed E-state index contributed by atoms with van der Waals surface area (Å²) >= 11 is 4.59. The summed E-state index contributed by atoms with van der Waals surface area (Å²) in [6.07, 6.45) is 0. The Morgan fingerprint density at radius 3 is 3.20 bits per heavy atom. The summed E-state index contributed by atoms with van der Waals surface area (Å²) < 4.78 is 15.4. The fraction of sp³-hybridized carbons (Fsp3) is 0.286. The van der Waals surface area contributed by atoms with E-state index >= 15 is 0 Å². The molecule has 3 aliphatic rings. The summed E-state index contributed by atoms with van der Waals surface area (Å²) in [5.41, 5.74) is 1.13. The van der Waals surface area contributed by atoms with Crippen LogP contribution < -0.4 is 4.37 Å². The molecule has 8 heteroatoms. The van der Waals surface area contributed by atoms with Crippen LogP contribution in [0.15, 0.2) is 4.47 Å². The van der Waals surface area contributed by atoms with Gasteiger partial charge in [-0.1, -0.05) is 0 Å². The van der Waals surface area contributed by atoms with Gasteiger partial charge >= 0.3 is 114 Å². The second kappa shape index (κ2) is 4.18. The van der Waals surface area contributed by atoms with Crippen molar-refractivity contribution in [1.29, 1.82) is 0 Å². The molecule has 0 N–H and O–H groups in total. The topological polar surface area (TPSA) is 31.9 Å². The molecule has 15 heavy (non-hydrogen) atoms. The molecule has 0 atom stereocenters. The van der Waals surface area contributed by atoms with E-state index < -0.39 is 0 Å². The molecule has 0 unspecified atom stereocenters. The van der Waals surface area contributed by atoms with E-state index in [-0.39, 0.29) is 0 Å². The Bertz CT molecular complexity index is 651. The molecular formula is C7H5BrN3S2Se2-. The Hall–Kier alpha value is 0.709. The van der Waals surface area contributed by atoms with Crippen LogP contribution in [0.25, 0.3) is 10.3 Å². The number of aromatic nitrogens is 3. The minimum absolute atomic E-state index is 0.434. The molecule has 3 heterocycles. The molecule has 3 rings (SSSR count). The van der Waals surface area contributed by atoms with Crippen molar-refractivity contribution in [2.45, 2.75) is 13.5 Å². The first kappa shape index (κ1) is 10.8. The average molecular weight is 433 g/mol. The molecule has 0 spiro atoms. The molecule has 0 radical (unpaired) electrons. The first-order valence-electron chi connectivity index (χ1n) is 4.21. The van der Waals surface area contributed by atoms with Crippen molar-refractivity contribution in [3.8, 4) is 10.3 Å². The third kappa shape index (κ3) is 1.59. The molecule has 80 valence electrons. The van der Waals surface area contributed by atoms with Crippen molar-refractivity contribution in [1.82, 2.24) is 13.3 Å². The van der Waals surface area contributed by atoms with Crippen molar-refractivity contribution in [2.75, 3.05) is 0 Å². The van der Waals surface area contributed by atoms with Gasteiger partial charge in [0.2, 0.25) is 0 Å². The van der Waals surface area contributed by atoms with E-state index in [4.69, 9.17) is 0 Å². The van der Waals surface area contributed by atoms with E-state index in [1.165, 1.54) is 13.0 Å². The van der Waals surface area contributed by atoms with Gasteiger partial charge in [0.25, 0.3) is 0 Å². The van der Waals surface area contributed by atoms with Crippen LogP contribution in [0.5, 0.6) is 0 Å². The molecule has 0 fully saturated rings. The van der Waals surface area contributed by atoms with Crippen LogP contribution in [-0.2, 0) is 6.54 Å². The zero-order valence-corrected chi connectivity index (χ0v) is 14.2. The minimum atomic E-state index is 0.434. The molecule has 0 amide bonds. The van der Waals surface area contributed by atoms with Gasteiger partial charge in [-0.2, -0.15) is 0 Å². The van der Waals surface area contributed by atoms with Gasteiger partial charge in [-0.05, 0) is 0 Å². The van der Waals surface area contributed by atoms with Crippen molar-refractivity contribution >= 4 is 62.5 Å². The molecule has 3 nitrogen and oxygen atoms in total. The fourth-order valence-corrected chi connectivity index (χ4v) is 10.7. The number of halogens is 1. The SMILES string of the molecule is CCn1c2ns[se]c-2c(Br)c2[se]s[n-]c1=2. The first-order valence-corrected chi connectivity index (χ1v) is 12.3. The zero-order chi connectivity index (χ0) is 10.4. The van der Waals surface area contributed by atoms with Gasteiger partial charge < -0.3 is 0 Å². The van der Waals surface area contributed by atoms with Gasteiger partial charge in [0.1, 0.15) is 0 Å². The van der Waals surface area contributed by atoms with Gasteiger partial charge in [-0.25, -0.2) is 0 Å². The Morgan fingerprint density at radius 2 is 2.40 bits per heavy atom. The number of rotatable bonds is 1. The molecule has 0 aromatic heterocycles. The van der Waals surface area contributed by atoms with E-state index in [1.807, 2.05) is 0 Å². The molecule has 0 aromatic rings. The van der Waals surface area contributed by atoms with Crippen LogP contribution in [0.1, 0.15) is 6.92 Å².